The van der Waals surface area contributed by atoms with Gasteiger partial charge in [0, 0.05) is 18.5 Å². The lowest BCUT2D eigenvalue weighted by atomic mass is 10.1. The summed E-state index contributed by atoms with van der Waals surface area (Å²) in [6.07, 6.45) is 1.81. The molecule has 192 valence electrons. The molecule has 3 amide bonds. The zero-order valence-corrected chi connectivity index (χ0v) is 20.1. The van der Waals surface area contributed by atoms with Crippen LogP contribution < -0.4 is 21.1 Å². The van der Waals surface area contributed by atoms with Gasteiger partial charge in [0.2, 0.25) is 11.8 Å². The molecule has 0 saturated carbocycles. The summed E-state index contributed by atoms with van der Waals surface area (Å²) >= 11 is 0. The number of amides is 3. The lowest BCUT2D eigenvalue weighted by Crippen LogP contribution is -2.49. The molecule has 1 atom stereocenters. The molecule has 36 heavy (non-hydrogen) atoms. The van der Waals surface area contributed by atoms with E-state index in [1.807, 2.05) is 30.3 Å². The van der Waals surface area contributed by atoms with Crippen molar-refractivity contribution >= 4 is 17.7 Å². The molecule has 10 nitrogen and oxygen atoms in total. The maximum absolute atomic E-state index is 13.1. The predicted octanol–water partition coefficient (Wildman–Crippen LogP) is 1.41. The van der Waals surface area contributed by atoms with Gasteiger partial charge in [-0.3, -0.25) is 14.4 Å². The SMILES string of the molecule is NCCCCNC(=O)[C@@H]1CC2(CN1C(=O)CNC(=O)c1ccc(Oc3ccccc3)cc1)OCCO2. The molecule has 2 aliphatic heterocycles. The largest absolute Gasteiger partial charge is 0.457 e. The number of benzene rings is 2. The first kappa shape index (κ1) is 25.6. The monoisotopic (exact) mass is 496 g/mol. The van der Waals surface area contributed by atoms with Crippen molar-refractivity contribution in [3.05, 3.63) is 60.2 Å². The minimum atomic E-state index is -0.979. The molecule has 0 aromatic heterocycles. The first-order valence-electron chi connectivity index (χ1n) is 12.2. The molecular formula is C26H32N4O6. The summed E-state index contributed by atoms with van der Waals surface area (Å²) in [6, 6.07) is 15.2. The average Bonchev–Trinajstić information content (AvgIpc) is 3.53. The Bertz CT molecular complexity index is 1040. The third kappa shape index (κ3) is 6.39. The minimum Gasteiger partial charge on any atom is -0.457 e. The lowest BCUT2D eigenvalue weighted by molar-refractivity contribution is -0.152. The van der Waals surface area contributed by atoms with Crippen LogP contribution in [0.4, 0.5) is 0 Å². The molecule has 2 aromatic rings. The third-order valence-electron chi connectivity index (χ3n) is 6.15. The van der Waals surface area contributed by atoms with E-state index in [4.69, 9.17) is 19.9 Å². The standard InChI is InChI=1S/C26H32N4O6/c27-12-4-5-13-28-25(33)22-16-26(34-14-15-35-26)18-30(22)23(31)17-29-24(32)19-8-10-21(11-9-19)36-20-6-2-1-3-7-20/h1-3,6-11,22H,4-5,12-18,27H2,(H,28,33)(H,29,32)/t22-/m0/s1. The van der Waals surface area contributed by atoms with Crippen LogP contribution in [0, 0.1) is 0 Å². The molecule has 4 N–H and O–H groups in total. The second kappa shape index (κ2) is 12.0. The van der Waals surface area contributed by atoms with Crippen LogP contribution in [0.15, 0.2) is 54.6 Å². The van der Waals surface area contributed by atoms with E-state index in [1.54, 1.807) is 24.3 Å². The van der Waals surface area contributed by atoms with Crippen molar-refractivity contribution in [1.29, 1.82) is 0 Å². The van der Waals surface area contributed by atoms with Crippen LogP contribution in [-0.4, -0.2) is 73.8 Å². The zero-order chi connectivity index (χ0) is 25.4. The number of nitrogens with zero attached hydrogens (tertiary/aromatic N) is 1. The van der Waals surface area contributed by atoms with E-state index in [0.717, 1.165) is 12.8 Å². The topological polar surface area (TPSA) is 132 Å². The molecular weight excluding hydrogens is 464 g/mol. The van der Waals surface area contributed by atoms with Crippen LogP contribution in [-0.2, 0) is 19.1 Å². The van der Waals surface area contributed by atoms with Crippen LogP contribution in [0.1, 0.15) is 29.6 Å². The van der Waals surface area contributed by atoms with Crippen molar-refractivity contribution in [3.8, 4) is 11.5 Å². The van der Waals surface area contributed by atoms with Crippen molar-refractivity contribution in [3.63, 3.8) is 0 Å². The van der Waals surface area contributed by atoms with Gasteiger partial charge < -0.3 is 35.5 Å². The third-order valence-corrected chi connectivity index (χ3v) is 6.15. The van der Waals surface area contributed by atoms with Gasteiger partial charge in [0.25, 0.3) is 5.91 Å². The number of ether oxygens (including phenoxy) is 3. The Morgan fingerprint density at radius 1 is 0.972 bits per heavy atom. The van der Waals surface area contributed by atoms with Gasteiger partial charge in [0.05, 0.1) is 26.3 Å². The quantitative estimate of drug-likeness (QED) is 0.424. The van der Waals surface area contributed by atoms with Crippen molar-refractivity contribution in [1.82, 2.24) is 15.5 Å². The molecule has 1 spiro atoms. The summed E-state index contributed by atoms with van der Waals surface area (Å²) in [5, 5.41) is 5.51. The highest BCUT2D eigenvalue weighted by molar-refractivity contribution is 5.97. The molecule has 0 radical (unpaired) electrons. The van der Waals surface area contributed by atoms with Gasteiger partial charge in [-0.2, -0.15) is 0 Å². The number of para-hydroxylation sites is 1. The Balaban J connectivity index is 1.33. The number of rotatable bonds is 10. The fraction of sp³-hybridized carbons (Fsp3) is 0.423. The van der Waals surface area contributed by atoms with Gasteiger partial charge in [-0.1, -0.05) is 18.2 Å². The second-order valence-electron chi connectivity index (χ2n) is 8.76. The predicted molar refractivity (Wildman–Crippen MR) is 131 cm³/mol. The summed E-state index contributed by atoms with van der Waals surface area (Å²) in [5.41, 5.74) is 5.89. The first-order chi connectivity index (χ1) is 17.5. The normalized spacial score (nSPS) is 18.2. The molecule has 0 unspecified atom stereocenters. The maximum atomic E-state index is 13.1. The van der Waals surface area contributed by atoms with Crippen molar-refractivity contribution in [2.45, 2.75) is 31.1 Å². The summed E-state index contributed by atoms with van der Waals surface area (Å²) in [6.45, 7) is 1.73. The highest BCUT2D eigenvalue weighted by Gasteiger charge is 2.52. The van der Waals surface area contributed by atoms with Gasteiger partial charge in [0.15, 0.2) is 5.79 Å². The molecule has 2 heterocycles. The molecule has 2 aliphatic rings. The summed E-state index contributed by atoms with van der Waals surface area (Å²) in [5.74, 6) is -0.750. The number of hydrogen-bond acceptors (Lipinski definition) is 7. The number of carbonyl (C=O) groups excluding carboxylic acids is 3. The molecule has 0 aliphatic carbocycles. The molecule has 0 bridgehead atoms. The van der Waals surface area contributed by atoms with E-state index >= 15 is 0 Å². The highest BCUT2D eigenvalue weighted by Crippen LogP contribution is 2.34. The van der Waals surface area contributed by atoms with E-state index in [9.17, 15) is 14.4 Å². The van der Waals surface area contributed by atoms with Gasteiger partial charge >= 0.3 is 0 Å². The fourth-order valence-corrected chi connectivity index (χ4v) is 4.30. The number of unbranched alkanes of at least 4 members (excludes halogenated alkanes) is 1. The molecule has 2 fully saturated rings. The number of nitrogens with one attached hydrogen (secondary N) is 2. The van der Waals surface area contributed by atoms with Gasteiger partial charge in [0.1, 0.15) is 17.5 Å². The second-order valence-corrected chi connectivity index (χ2v) is 8.76. The number of likely N-dealkylation sites (tertiary alicyclic amines) is 1. The van der Waals surface area contributed by atoms with Crippen LogP contribution in [0.3, 0.4) is 0 Å². The first-order valence-corrected chi connectivity index (χ1v) is 12.2. The smallest absolute Gasteiger partial charge is 0.251 e. The molecule has 2 aromatic carbocycles. The summed E-state index contributed by atoms with van der Waals surface area (Å²) in [4.78, 5) is 40.0. The van der Waals surface area contributed by atoms with E-state index in [0.29, 0.717) is 43.4 Å². The lowest BCUT2D eigenvalue weighted by Gasteiger charge is -2.24. The molecule has 4 rings (SSSR count). The maximum Gasteiger partial charge on any atom is 0.251 e. The number of hydrogen-bond donors (Lipinski definition) is 3. The summed E-state index contributed by atoms with van der Waals surface area (Å²) < 4.78 is 17.2. The fourth-order valence-electron chi connectivity index (χ4n) is 4.30. The van der Waals surface area contributed by atoms with Crippen LogP contribution in [0.5, 0.6) is 11.5 Å². The van der Waals surface area contributed by atoms with Crippen LogP contribution in [0.2, 0.25) is 0 Å². The Kier molecular flexibility index (Phi) is 8.52. The van der Waals surface area contributed by atoms with Crippen molar-refractivity contribution in [2.75, 3.05) is 39.4 Å². The Hall–Kier alpha value is -3.47. The van der Waals surface area contributed by atoms with Gasteiger partial charge in [-0.15, -0.1) is 0 Å². The van der Waals surface area contributed by atoms with Crippen molar-refractivity contribution < 1.29 is 28.6 Å². The van der Waals surface area contributed by atoms with Crippen molar-refractivity contribution in [2.24, 2.45) is 5.73 Å². The Labute approximate surface area is 210 Å². The average molecular weight is 497 g/mol. The Morgan fingerprint density at radius 3 is 2.36 bits per heavy atom. The molecule has 2 saturated heterocycles. The number of nitrogens with two attached hydrogens (primary N) is 1. The zero-order valence-electron chi connectivity index (χ0n) is 20.1. The van der Waals surface area contributed by atoms with Gasteiger partial charge in [-0.25, -0.2) is 0 Å². The highest BCUT2D eigenvalue weighted by atomic mass is 16.7. The minimum absolute atomic E-state index is 0.133. The van der Waals surface area contributed by atoms with E-state index in [-0.39, 0.29) is 31.3 Å². The van der Waals surface area contributed by atoms with Gasteiger partial charge in [-0.05, 0) is 55.8 Å². The summed E-state index contributed by atoms with van der Waals surface area (Å²) in [7, 11) is 0. The van der Waals surface area contributed by atoms with E-state index in [1.165, 1.54) is 4.90 Å². The Morgan fingerprint density at radius 2 is 1.67 bits per heavy atom. The molecule has 10 heteroatoms. The van der Waals surface area contributed by atoms with Crippen LogP contribution in [0.25, 0.3) is 0 Å². The van der Waals surface area contributed by atoms with E-state index < -0.39 is 17.7 Å². The number of carbonyl (C=O) groups is 3. The van der Waals surface area contributed by atoms with Crippen LogP contribution >= 0.6 is 0 Å². The van der Waals surface area contributed by atoms with E-state index in [2.05, 4.69) is 10.6 Å².